The van der Waals surface area contributed by atoms with Crippen LogP contribution in [0.3, 0.4) is 0 Å². The van der Waals surface area contributed by atoms with Crippen molar-refractivity contribution >= 4 is 35.0 Å². The average molecular weight is 607 g/mol. The summed E-state index contributed by atoms with van der Waals surface area (Å²) in [5.74, 6) is -0.104. The zero-order chi connectivity index (χ0) is 29.6. The molecule has 1 fully saturated rings. The van der Waals surface area contributed by atoms with Gasteiger partial charge in [0.15, 0.2) is 0 Å². The van der Waals surface area contributed by atoms with Crippen molar-refractivity contribution in [2.24, 2.45) is 0 Å². The molecule has 1 saturated heterocycles. The second-order valence-corrected chi connectivity index (χ2v) is 11.8. The number of ether oxygens (including phenoxy) is 1. The van der Waals surface area contributed by atoms with E-state index in [0.717, 1.165) is 46.0 Å². The molecule has 0 radical (unpaired) electrons. The third kappa shape index (κ3) is 8.46. The Morgan fingerprint density at radius 1 is 1.10 bits per heavy atom. The van der Waals surface area contributed by atoms with Gasteiger partial charge in [-0.25, -0.2) is 4.98 Å². The van der Waals surface area contributed by atoms with Crippen molar-refractivity contribution in [3.63, 3.8) is 0 Å². The fraction of sp³-hybridized carbons (Fsp3) is 0.414. The van der Waals surface area contributed by atoms with Gasteiger partial charge in [0, 0.05) is 60.7 Å². The summed E-state index contributed by atoms with van der Waals surface area (Å²) < 4.78 is 44.7. The van der Waals surface area contributed by atoms with E-state index in [1.54, 1.807) is 24.8 Å². The monoisotopic (exact) mass is 606 g/mol. The quantitative estimate of drug-likeness (QED) is 0.288. The molecular formula is C29H31F3N3O4S2-. The van der Waals surface area contributed by atoms with Crippen LogP contribution in [0.2, 0.25) is 0 Å². The van der Waals surface area contributed by atoms with E-state index in [0.29, 0.717) is 54.8 Å². The van der Waals surface area contributed by atoms with Crippen molar-refractivity contribution < 1.29 is 32.6 Å². The summed E-state index contributed by atoms with van der Waals surface area (Å²) in [6.07, 6.45) is -2.81. The smallest absolute Gasteiger partial charge is 0.416 e. The summed E-state index contributed by atoms with van der Waals surface area (Å²) in [6.45, 7) is 6.38. The molecule has 12 heteroatoms. The van der Waals surface area contributed by atoms with Crippen molar-refractivity contribution in [1.29, 1.82) is 0 Å². The van der Waals surface area contributed by atoms with Crippen LogP contribution in [0.1, 0.15) is 42.0 Å². The van der Waals surface area contributed by atoms with E-state index in [2.05, 4.69) is 4.90 Å². The van der Waals surface area contributed by atoms with Gasteiger partial charge in [-0.15, -0.1) is 23.1 Å². The largest absolute Gasteiger partial charge is 0.546 e. The van der Waals surface area contributed by atoms with Crippen LogP contribution in [0, 0.1) is 0 Å². The molecule has 0 bridgehead atoms. The van der Waals surface area contributed by atoms with Gasteiger partial charge < -0.3 is 19.5 Å². The van der Waals surface area contributed by atoms with Crippen molar-refractivity contribution in [3.8, 4) is 16.3 Å². The van der Waals surface area contributed by atoms with Gasteiger partial charge in [0.25, 0.3) is 0 Å². The summed E-state index contributed by atoms with van der Waals surface area (Å²) in [5, 5.41) is 11.5. The maximum atomic E-state index is 13.1. The Bertz CT molecular complexity index is 1350. The predicted octanol–water partition coefficient (Wildman–Crippen LogP) is 4.87. The van der Waals surface area contributed by atoms with E-state index >= 15 is 0 Å². The highest BCUT2D eigenvalue weighted by atomic mass is 32.2. The Kier molecular flexibility index (Phi) is 10.3. The van der Waals surface area contributed by atoms with Gasteiger partial charge in [0.05, 0.1) is 17.2 Å². The number of thioether (sulfide) groups is 1. The van der Waals surface area contributed by atoms with Gasteiger partial charge in [-0.05, 0) is 42.3 Å². The van der Waals surface area contributed by atoms with E-state index in [1.807, 2.05) is 24.0 Å². The first-order chi connectivity index (χ1) is 19.5. The number of thiazole rings is 1. The normalized spacial score (nSPS) is 14.3. The number of rotatable bonds is 11. The first kappa shape index (κ1) is 30.9. The zero-order valence-corrected chi connectivity index (χ0v) is 24.5. The number of carbonyl (C=O) groups is 2. The van der Waals surface area contributed by atoms with Gasteiger partial charge in [0.1, 0.15) is 17.4 Å². The number of hydrogen-bond donors (Lipinski definition) is 0. The fourth-order valence-corrected chi connectivity index (χ4v) is 6.65. The first-order valence-corrected chi connectivity index (χ1v) is 15.1. The molecular weight excluding hydrogens is 575 g/mol. The minimum atomic E-state index is -4.40. The minimum absolute atomic E-state index is 0.0541. The topological polar surface area (TPSA) is 85.8 Å². The molecule has 1 aliphatic heterocycles. The van der Waals surface area contributed by atoms with Gasteiger partial charge in [-0.1, -0.05) is 25.5 Å². The lowest BCUT2D eigenvalue weighted by atomic mass is 10.1. The maximum Gasteiger partial charge on any atom is 0.416 e. The van der Waals surface area contributed by atoms with Crippen LogP contribution in [0.25, 0.3) is 10.6 Å². The van der Waals surface area contributed by atoms with Crippen LogP contribution in [-0.2, 0) is 34.5 Å². The van der Waals surface area contributed by atoms with Gasteiger partial charge in [0.2, 0.25) is 5.91 Å². The molecule has 0 aliphatic carbocycles. The number of amides is 1. The molecule has 3 aromatic rings. The standard InChI is InChI=1S/C29H32F3N3O4S2/c1-3-4-21-15-23(9-10-25(21)39-17-27(37)38)40-18-26-24(16-34-11-13-35(14-12-34)19(2)36)33-28(41-26)20-5-7-22(8-6-20)29(30,31)32/h5-10,15H,3-4,11-14,16-18H2,1-2H3,(H,37,38)/p-1. The number of aryl methyl sites for hydroxylation is 1. The first-order valence-electron chi connectivity index (χ1n) is 13.3. The van der Waals surface area contributed by atoms with Crippen molar-refractivity contribution in [1.82, 2.24) is 14.8 Å². The fourth-order valence-electron chi connectivity index (χ4n) is 4.51. The lowest BCUT2D eigenvalue weighted by Gasteiger charge is -2.33. The molecule has 0 saturated carbocycles. The third-order valence-electron chi connectivity index (χ3n) is 6.70. The maximum absolute atomic E-state index is 13.1. The highest BCUT2D eigenvalue weighted by molar-refractivity contribution is 7.98. The summed E-state index contributed by atoms with van der Waals surface area (Å²) in [4.78, 5) is 33.5. The summed E-state index contributed by atoms with van der Waals surface area (Å²) in [5.41, 5.74) is 1.71. The van der Waals surface area contributed by atoms with Crippen LogP contribution in [0.5, 0.6) is 5.75 Å². The number of carboxylic acids is 1. The van der Waals surface area contributed by atoms with E-state index in [9.17, 15) is 27.9 Å². The number of hydrogen-bond acceptors (Lipinski definition) is 8. The molecule has 0 spiro atoms. The number of benzene rings is 2. The Labute approximate surface area is 245 Å². The molecule has 7 nitrogen and oxygen atoms in total. The number of aliphatic carboxylic acids is 1. The van der Waals surface area contributed by atoms with E-state index < -0.39 is 24.3 Å². The van der Waals surface area contributed by atoms with E-state index in [1.165, 1.54) is 23.5 Å². The lowest BCUT2D eigenvalue weighted by molar-refractivity contribution is -0.307. The number of carboxylic acid groups (broad SMARTS) is 1. The second kappa shape index (κ2) is 13.7. The SMILES string of the molecule is CCCc1cc(SCc2sc(-c3ccc(C(F)(F)F)cc3)nc2CN2CCN(C(C)=O)CC2)ccc1OCC(=O)[O-]. The molecule has 2 aromatic carbocycles. The number of halogens is 3. The van der Waals surface area contributed by atoms with Gasteiger partial charge in [-0.2, -0.15) is 13.2 Å². The molecule has 2 heterocycles. The van der Waals surface area contributed by atoms with Crippen molar-refractivity contribution in [3.05, 3.63) is 64.2 Å². The number of piperazine rings is 1. The molecule has 4 rings (SSSR count). The number of nitrogens with zero attached hydrogens (tertiary/aromatic N) is 3. The predicted molar refractivity (Wildman–Crippen MR) is 151 cm³/mol. The Hall–Kier alpha value is -3.09. The third-order valence-corrected chi connectivity index (χ3v) is 9.04. The number of aromatic nitrogens is 1. The highest BCUT2D eigenvalue weighted by Gasteiger charge is 2.30. The summed E-state index contributed by atoms with van der Waals surface area (Å²) in [6, 6.07) is 10.7. The molecule has 0 N–H and O–H groups in total. The van der Waals surface area contributed by atoms with Crippen LogP contribution >= 0.6 is 23.1 Å². The molecule has 0 unspecified atom stereocenters. The summed E-state index contributed by atoms with van der Waals surface area (Å²) >= 11 is 3.07. The molecule has 41 heavy (non-hydrogen) atoms. The van der Waals surface area contributed by atoms with Crippen LogP contribution in [-0.4, -0.2) is 59.4 Å². The van der Waals surface area contributed by atoms with Crippen molar-refractivity contribution in [2.75, 3.05) is 32.8 Å². The Balaban J connectivity index is 1.55. The van der Waals surface area contributed by atoms with Crippen LogP contribution in [0.4, 0.5) is 13.2 Å². The summed E-state index contributed by atoms with van der Waals surface area (Å²) in [7, 11) is 0. The molecule has 1 aliphatic rings. The van der Waals surface area contributed by atoms with Crippen LogP contribution in [0.15, 0.2) is 47.4 Å². The zero-order valence-electron chi connectivity index (χ0n) is 22.8. The minimum Gasteiger partial charge on any atom is -0.546 e. The molecule has 1 amide bonds. The van der Waals surface area contributed by atoms with E-state index in [4.69, 9.17) is 9.72 Å². The molecule has 220 valence electrons. The lowest BCUT2D eigenvalue weighted by Crippen LogP contribution is -2.47. The Morgan fingerprint density at radius 2 is 1.80 bits per heavy atom. The number of alkyl halides is 3. The second-order valence-electron chi connectivity index (χ2n) is 9.72. The Morgan fingerprint density at radius 3 is 2.41 bits per heavy atom. The molecule has 1 aromatic heterocycles. The highest BCUT2D eigenvalue weighted by Crippen LogP contribution is 2.36. The van der Waals surface area contributed by atoms with E-state index in [-0.39, 0.29) is 5.91 Å². The average Bonchev–Trinajstić information content (AvgIpc) is 3.33. The molecule has 0 atom stereocenters. The van der Waals surface area contributed by atoms with Crippen molar-refractivity contribution in [2.45, 2.75) is 50.1 Å². The van der Waals surface area contributed by atoms with Gasteiger partial charge >= 0.3 is 6.18 Å². The van der Waals surface area contributed by atoms with Crippen LogP contribution < -0.4 is 9.84 Å². The number of carbonyl (C=O) groups excluding carboxylic acids is 2. The van der Waals surface area contributed by atoms with Gasteiger partial charge in [-0.3, -0.25) is 9.69 Å².